The summed E-state index contributed by atoms with van der Waals surface area (Å²) in [5.41, 5.74) is 0.613. The summed E-state index contributed by atoms with van der Waals surface area (Å²) in [5.74, 6) is 0.622. The fourth-order valence-electron chi connectivity index (χ4n) is 1.73. The molecule has 1 unspecified atom stereocenters. The van der Waals surface area contributed by atoms with Crippen molar-refractivity contribution < 1.29 is 9.53 Å². The molecule has 1 aromatic carbocycles. The molecule has 1 amide bonds. The van der Waals surface area contributed by atoms with Crippen LogP contribution in [0.5, 0.6) is 5.75 Å². The molecule has 4 nitrogen and oxygen atoms in total. The van der Waals surface area contributed by atoms with Crippen molar-refractivity contribution in [1.82, 2.24) is 10.6 Å². The van der Waals surface area contributed by atoms with Crippen LogP contribution in [0.4, 0.5) is 0 Å². The zero-order chi connectivity index (χ0) is 15.1. The highest BCUT2D eigenvalue weighted by Crippen LogP contribution is 2.17. The van der Waals surface area contributed by atoms with Gasteiger partial charge in [-0.2, -0.15) is 0 Å². The fraction of sp³-hybridized carbons (Fsp3) is 0.312. The molecule has 2 rings (SSSR count). The number of nitrogens with one attached hydrogen (secondary N) is 2. The summed E-state index contributed by atoms with van der Waals surface area (Å²) in [6.45, 7) is 3.13. The Kier molecular flexibility index (Phi) is 7.95. The van der Waals surface area contributed by atoms with Crippen molar-refractivity contribution in [2.45, 2.75) is 19.6 Å². The number of carbonyl (C=O) groups excluding carboxylic acids is 1. The molecule has 0 fully saturated rings. The third-order valence-corrected chi connectivity index (χ3v) is 3.97. The predicted octanol–water partition coefficient (Wildman–Crippen LogP) is 3.09. The normalized spacial score (nSPS) is 11.4. The van der Waals surface area contributed by atoms with Crippen molar-refractivity contribution in [3.63, 3.8) is 0 Å². The highest BCUT2D eigenvalue weighted by Gasteiger charge is 2.08. The predicted molar refractivity (Wildman–Crippen MR) is 93.2 cm³/mol. The quantitative estimate of drug-likeness (QED) is 0.814. The number of likely N-dealkylation sites (N-methyl/N-ethyl adjacent to an activating group) is 1. The molecule has 0 saturated heterocycles. The largest absolute Gasteiger partial charge is 0.488 e. The van der Waals surface area contributed by atoms with Crippen molar-refractivity contribution in [3.8, 4) is 5.75 Å². The summed E-state index contributed by atoms with van der Waals surface area (Å²) < 4.78 is 5.71. The van der Waals surface area contributed by atoms with Gasteiger partial charge in [-0.1, -0.05) is 12.1 Å². The molecule has 120 valence electrons. The van der Waals surface area contributed by atoms with Gasteiger partial charge in [-0.05, 0) is 43.6 Å². The summed E-state index contributed by atoms with van der Waals surface area (Å²) in [4.78, 5) is 13.2. The topological polar surface area (TPSA) is 50.4 Å². The van der Waals surface area contributed by atoms with Crippen molar-refractivity contribution in [1.29, 1.82) is 0 Å². The molecule has 1 heterocycles. The van der Waals surface area contributed by atoms with Crippen LogP contribution in [-0.4, -0.2) is 25.5 Å². The molecule has 6 heteroatoms. The Labute approximate surface area is 141 Å². The molecule has 2 N–H and O–H groups in total. The van der Waals surface area contributed by atoms with Gasteiger partial charge in [0.15, 0.2) is 0 Å². The Hall–Kier alpha value is -1.56. The highest BCUT2D eigenvalue weighted by molar-refractivity contribution is 7.09. The molecule has 1 atom stereocenters. The molecule has 0 aliphatic rings. The van der Waals surface area contributed by atoms with Crippen molar-refractivity contribution >= 4 is 29.7 Å². The maximum atomic E-state index is 12.1. The molecule has 0 bridgehead atoms. The van der Waals surface area contributed by atoms with E-state index in [2.05, 4.69) is 10.6 Å². The van der Waals surface area contributed by atoms with E-state index in [9.17, 15) is 4.79 Å². The van der Waals surface area contributed by atoms with Crippen LogP contribution in [0.15, 0.2) is 41.8 Å². The van der Waals surface area contributed by atoms with Crippen LogP contribution < -0.4 is 15.4 Å². The molecule has 2 aromatic rings. The van der Waals surface area contributed by atoms with Crippen LogP contribution in [0.2, 0.25) is 0 Å². The number of halogens is 1. The summed E-state index contributed by atoms with van der Waals surface area (Å²) >= 11 is 1.66. The SMILES string of the molecule is CNC(C)CNC(=O)c1cccc(OCc2cccs2)c1.Cl. The summed E-state index contributed by atoms with van der Waals surface area (Å²) in [6.07, 6.45) is 0. The lowest BCUT2D eigenvalue weighted by atomic mass is 10.2. The molecular formula is C16H21ClN2O2S. The first-order valence-corrected chi connectivity index (χ1v) is 7.77. The number of hydrogen-bond donors (Lipinski definition) is 2. The first-order chi connectivity index (χ1) is 10.2. The first-order valence-electron chi connectivity index (χ1n) is 6.89. The Morgan fingerprint density at radius 2 is 2.14 bits per heavy atom. The van der Waals surface area contributed by atoms with Crippen LogP contribution in [-0.2, 0) is 6.61 Å². The van der Waals surface area contributed by atoms with Crippen molar-refractivity contribution in [3.05, 3.63) is 52.2 Å². The lowest BCUT2D eigenvalue weighted by molar-refractivity contribution is 0.0950. The van der Waals surface area contributed by atoms with Gasteiger partial charge in [-0.3, -0.25) is 4.79 Å². The minimum Gasteiger partial charge on any atom is -0.488 e. The van der Waals surface area contributed by atoms with E-state index in [4.69, 9.17) is 4.74 Å². The zero-order valence-electron chi connectivity index (χ0n) is 12.7. The number of carbonyl (C=O) groups is 1. The minimum absolute atomic E-state index is 0. The smallest absolute Gasteiger partial charge is 0.251 e. The van der Waals surface area contributed by atoms with Gasteiger partial charge >= 0.3 is 0 Å². The van der Waals surface area contributed by atoms with Gasteiger partial charge in [0.05, 0.1) is 0 Å². The maximum absolute atomic E-state index is 12.1. The lowest BCUT2D eigenvalue weighted by Gasteiger charge is -2.12. The average molecular weight is 341 g/mol. The maximum Gasteiger partial charge on any atom is 0.251 e. The van der Waals surface area contributed by atoms with Crippen molar-refractivity contribution in [2.24, 2.45) is 0 Å². The summed E-state index contributed by atoms with van der Waals surface area (Å²) in [7, 11) is 1.87. The van der Waals surface area contributed by atoms with Gasteiger partial charge in [0.2, 0.25) is 0 Å². The molecule has 0 aliphatic heterocycles. The summed E-state index contributed by atoms with van der Waals surface area (Å²) in [5, 5.41) is 7.99. The molecule has 0 spiro atoms. The van der Waals surface area contributed by atoms with Crippen LogP contribution in [0.3, 0.4) is 0 Å². The number of ether oxygens (including phenoxy) is 1. The van der Waals surface area contributed by atoms with Gasteiger partial charge in [0.25, 0.3) is 5.91 Å². The van der Waals surface area contributed by atoms with Crippen molar-refractivity contribution in [2.75, 3.05) is 13.6 Å². The Bertz CT molecular complexity index is 575. The van der Waals surface area contributed by atoms with Gasteiger partial charge in [-0.15, -0.1) is 23.7 Å². The van der Waals surface area contributed by atoms with Gasteiger partial charge in [0, 0.05) is 23.0 Å². The van der Waals surface area contributed by atoms with Gasteiger partial charge in [0.1, 0.15) is 12.4 Å². The van der Waals surface area contributed by atoms with E-state index in [0.717, 1.165) is 4.88 Å². The van der Waals surface area contributed by atoms with E-state index in [1.165, 1.54) is 0 Å². The highest BCUT2D eigenvalue weighted by atomic mass is 35.5. The fourth-order valence-corrected chi connectivity index (χ4v) is 2.34. The van der Waals surface area contributed by atoms with Gasteiger partial charge in [-0.25, -0.2) is 0 Å². The number of hydrogen-bond acceptors (Lipinski definition) is 4. The Morgan fingerprint density at radius 1 is 1.32 bits per heavy atom. The number of benzene rings is 1. The molecule has 1 aromatic heterocycles. The minimum atomic E-state index is -0.0846. The van der Waals surface area contributed by atoms with Crippen LogP contribution in [0, 0.1) is 0 Å². The molecule has 22 heavy (non-hydrogen) atoms. The van der Waals surface area contributed by atoms with E-state index in [0.29, 0.717) is 24.5 Å². The van der Waals surface area contributed by atoms with E-state index in [1.807, 2.05) is 43.6 Å². The van der Waals surface area contributed by atoms with Crippen LogP contribution in [0.1, 0.15) is 22.2 Å². The standard InChI is InChI=1S/C16H20N2O2S.ClH/c1-12(17-2)10-18-16(19)13-5-3-6-14(9-13)20-11-15-7-4-8-21-15;/h3-9,12,17H,10-11H2,1-2H3,(H,18,19);1H. The van der Waals surface area contributed by atoms with Gasteiger partial charge < -0.3 is 15.4 Å². The van der Waals surface area contributed by atoms with E-state index in [1.54, 1.807) is 23.5 Å². The Balaban J connectivity index is 0.00000242. The number of rotatable bonds is 7. The first kappa shape index (κ1) is 18.5. The molecule has 0 radical (unpaired) electrons. The monoisotopic (exact) mass is 340 g/mol. The molecule has 0 aliphatic carbocycles. The second kappa shape index (κ2) is 9.46. The van der Waals surface area contributed by atoms with E-state index < -0.39 is 0 Å². The van der Waals surface area contributed by atoms with Crippen LogP contribution in [0.25, 0.3) is 0 Å². The summed E-state index contributed by atoms with van der Waals surface area (Å²) in [6, 6.07) is 11.5. The second-order valence-electron chi connectivity index (χ2n) is 4.80. The molecular weight excluding hydrogens is 320 g/mol. The van der Waals surface area contributed by atoms with E-state index in [-0.39, 0.29) is 24.4 Å². The van der Waals surface area contributed by atoms with Crippen LogP contribution >= 0.6 is 23.7 Å². The number of amides is 1. The third kappa shape index (κ3) is 5.67. The third-order valence-electron chi connectivity index (χ3n) is 3.12. The lowest BCUT2D eigenvalue weighted by Crippen LogP contribution is -2.37. The number of thiophene rings is 1. The van der Waals surface area contributed by atoms with E-state index >= 15 is 0 Å². The molecule has 0 saturated carbocycles. The average Bonchev–Trinajstić information content (AvgIpc) is 3.04. The second-order valence-corrected chi connectivity index (χ2v) is 5.83. The Morgan fingerprint density at radius 3 is 2.82 bits per heavy atom. The zero-order valence-corrected chi connectivity index (χ0v) is 14.3.